The zero-order valence-corrected chi connectivity index (χ0v) is 8.18. The average molecular weight is 201 g/mol. The zero-order chi connectivity index (χ0) is 10.3. The van der Waals surface area contributed by atoms with Crippen molar-refractivity contribution in [1.82, 2.24) is 9.97 Å². The molecule has 0 aromatic carbocycles. The van der Waals surface area contributed by atoms with Gasteiger partial charge in [0.2, 0.25) is 0 Å². The van der Waals surface area contributed by atoms with Gasteiger partial charge in [0, 0.05) is 17.7 Å². The predicted molar refractivity (Wildman–Crippen MR) is 56.1 cm³/mol. The summed E-state index contributed by atoms with van der Waals surface area (Å²) >= 11 is 0. The third-order valence-corrected chi connectivity index (χ3v) is 2.54. The first-order chi connectivity index (χ1) is 7.33. The van der Waals surface area contributed by atoms with Crippen molar-refractivity contribution in [2.45, 2.75) is 18.8 Å². The number of hydrogen-bond donors (Lipinski definition) is 1. The van der Waals surface area contributed by atoms with Gasteiger partial charge < -0.3 is 10.2 Å². The molecule has 2 heterocycles. The van der Waals surface area contributed by atoms with Crippen LogP contribution in [-0.2, 0) is 0 Å². The van der Waals surface area contributed by atoms with Gasteiger partial charge in [-0.2, -0.15) is 0 Å². The highest BCUT2D eigenvalue weighted by molar-refractivity contribution is 5.55. The summed E-state index contributed by atoms with van der Waals surface area (Å²) < 4.78 is 5.00. The molecule has 1 fully saturated rings. The number of rotatable bonds is 2. The summed E-state index contributed by atoms with van der Waals surface area (Å²) in [5.41, 5.74) is 7.68. The van der Waals surface area contributed by atoms with Crippen LogP contribution >= 0.6 is 0 Å². The van der Waals surface area contributed by atoms with Crippen molar-refractivity contribution in [2.24, 2.45) is 0 Å². The largest absolute Gasteiger partial charge is 0.472 e. The molecule has 4 heteroatoms. The Labute approximate surface area is 87.2 Å². The first-order valence-electron chi connectivity index (χ1n) is 5.00. The van der Waals surface area contributed by atoms with Crippen molar-refractivity contribution in [3.05, 3.63) is 30.4 Å². The molecule has 1 aliphatic carbocycles. The van der Waals surface area contributed by atoms with E-state index in [4.69, 9.17) is 10.2 Å². The Balaban J connectivity index is 2.07. The second-order valence-electron chi connectivity index (χ2n) is 3.83. The van der Waals surface area contributed by atoms with E-state index in [1.807, 2.05) is 12.1 Å². The molecule has 1 saturated carbocycles. The molecule has 0 unspecified atom stereocenters. The lowest BCUT2D eigenvalue weighted by Gasteiger charge is -2.02. The summed E-state index contributed by atoms with van der Waals surface area (Å²) in [5.74, 6) is 1.77. The van der Waals surface area contributed by atoms with Crippen molar-refractivity contribution in [3.63, 3.8) is 0 Å². The minimum Gasteiger partial charge on any atom is -0.472 e. The van der Waals surface area contributed by atoms with Crippen LogP contribution in [0.1, 0.15) is 24.5 Å². The summed E-state index contributed by atoms with van der Waals surface area (Å²) in [4.78, 5) is 8.68. The first-order valence-corrected chi connectivity index (χ1v) is 5.00. The fourth-order valence-electron chi connectivity index (χ4n) is 1.59. The van der Waals surface area contributed by atoms with Crippen LogP contribution in [0, 0.1) is 0 Å². The molecule has 0 aliphatic heterocycles. The van der Waals surface area contributed by atoms with Gasteiger partial charge in [-0.25, -0.2) is 9.97 Å². The molecule has 4 nitrogen and oxygen atoms in total. The van der Waals surface area contributed by atoms with Crippen LogP contribution in [-0.4, -0.2) is 9.97 Å². The smallest absolute Gasteiger partial charge is 0.165 e. The second kappa shape index (κ2) is 3.08. The van der Waals surface area contributed by atoms with Crippen LogP contribution in [0.2, 0.25) is 0 Å². The van der Waals surface area contributed by atoms with E-state index in [2.05, 4.69) is 9.97 Å². The van der Waals surface area contributed by atoms with Crippen LogP contribution < -0.4 is 5.73 Å². The maximum absolute atomic E-state index is 5.75. The number of hydrogen-bond acceptors (Lipinski definition) is 4. The van der Waals surface area contributed by atoms with Crippen molar-refractivity contribution in [1.29, 1.82) is 0 Å². The average Bonchev–Trinajstić information content (AvgIpc) is 2.93. The molecule has 0 amide bonds. The molecule has 2 aromatic rings. The molecule has 0 bridgehead atoms. The van der Waals surface area contributed by atoms with Crippen LogP contribution in [0.25, 0.3) is 11.4 Å². The normalized spacial score (nSPS) is 15.5. The Morgan fingerprint density at radius 3 is 2.87 bits per heavy atom. The topological polar surface area (TPSA) is 64.9 Å². The van der Waals surface area contributed by atoms with E-state index in [9.17, 15) is 0 Å². The third kappa shape index (κ3) is 1.58. The van der Waals surface area contributed by atoms with E-state index < -0.39 is 0 Å². The van der Waals surface area contributed by atoms with Crippen molar-refractivity contribution in [3.8, 4) is 11.4 Å². The maximum Gasteiger partial charge on any atom is 0.165 e. The van der Waals surface area contributed by atoms with Crippen molar-refractivity contribution < 1.29 is 4.42 Å². The number of nitrogen functional groups attached to an aromatic ring is 1. The van der Waals surface area contributed by atoms with E-state index in [-0.39, 0.29) is 0 Å². The first kappa shape index (κ1) is 8.47. The molecular formula is C11H11N3O. The van der Waals surface area contributed by atoms with Gasteiger partial charge in [-0.1, -0.05) is 0 Å². The lowest BCUT2D eigenvalue weighted by atomic mass is 10.2. The lowest BCUT2D eigenvalue weighted by Crippen LogP contribution is -1.98. The molecule has 15 heavy (non-hydrogen) atoms. The monoisotopic (exact) mass is 201 g/mol. The second-order valence-corrected chi connectivity index (χ2v) is 3.83. The van der Waals surface area contributed by atoms with Gasteiger partial charge in [0.15, 0.2) is 5.82 Å². The fourth-order valence-corrected chi connectivity index (χ4v) is 1.59. The summed E-state index contributed by atoms with van der Waals surface area (Å²) in [6.45, 7) is 0. The standard InChI is InChI=1S/C11H11N3O/c12-10-5-9(7-1-2-7)13-11(14-10)8-3-4-15-6-8/h3-7H,1-2H2,(H2,12,13,14). The molecule has 76 valence electrons. The number of aromatic nitrogens is 2. The van der Waals surface area contributed by atoms with Gasteiger partial charge in [-0.15, -0.1) is 0 Å². The van der Waals surface area contributed by atoms with Gasteiger partial charge in [0.1, 0.15) is 12.1 Å². The molecule has 3 rings (SSSR count). The van der Waals surface area contributed by atoms with Crippen molar-refractivity contribution >= 4 is 5.82 Å². The summed E-state index contributed by atoms with van der Waals surface area (Å²) in [6.07, 6.45) is 5.66. The van der Waals surface area contributed by atoms with Crippen LogP contribution in [0.3, 0.4) is 0 Å². The van der Waals surface area contributed by atoms with Crippen molar-refractivity contribution in [2.75, 3.05) is 5.73 Å². The zero-order valence-electron chi connectivity index (χ0n) is 8.18. The highest BCUT2D eigenvalue weighted by Crippen LogP contribution is 2.39. The predicted octanol–water partition coefficient (Wildman–Crippen LogP) is 2.20. The number of anilines is 1. The molecule has 0 atom stereocenters. The van der Waals surface area contributed by atoms with E-state index in [0.29, 0.717) is 17.6 Å². The molecule has 0 spiro atoms. The lowest BCUT2D eigenvalue weighted by molar-refractivity contribution is 0.568. The molecule has 0 radical (unpaired) electrons. The number of furan rings is 1. The summed E-state index contributed by atoms with van der Waals surface area (Å²) in [5, 5.41) is 0. The molecular weight excluding hydrogens is 190 g/mol. The summed E-state index contributed by atoms with van der Waals surface area (Å²) in [7, 11) is 0. The minimum atomic E-state index is 0.531. The number of nitrogens with two attached hydrogens (primary N) is 1. The Bertz CT molecular complexity index is 475. The van der Waals surface area contributed by atoms with Gasteiger partial charge >= 0.3 is 0 Å². The molecule has 0 saturated heterocycles. The highest BCUT2D eigenvalue weighted by Gasteiger charge is 2.26. The highest BCUT2D eigenvalue weighted by atomic mass is 16.3. The van der Waals surface area contributed by atoms with Gasteiger partial charge in [0.05, 0.1) is 11.8 Å². The van der Waals surface area contributed by atoms with Gasteiger partial charge in [-0.05, 0) is 18.9 Å². The molecule has 2 N–H and O–H groups in total. The Kier molecular flexibility index (Phi) is 1.74. The van der Waals surface area contributed by atoms with E-state index >= 15 is 0 Å². The van der Waals surface area contributed by atoms with Gasteiger partial charge in [-0.3, -0.25) is 0 Å². The van der Waals surface area contributed by atoms with Crippen LogP contribution in [0.4, 0.5) is 5.82 Å². The van der Waals surface area contributed by atoms with E-state index in [0.717, 1.165) is 11.3 Å². The molecule has 2 aromatic heterocycles. The summed E-state index contributed by atoms with van der Waals surface area (Å²) in [6, 6.07) is 3.70. The maximum atomic E-state index is 5.75. The van der Waals surface area contributed by atoms with Crippen LogP contribution in [0.15, 0.2) is 29.1 Å². The van der Waals surface area contributed by atoms with Crippen LogP contribution in [0.5, 0.6) is 0 Å². The quantitative estimate of drug-likeness (QED) is 0.808. The SMILES string of the molecule is Nc1cc(C2CC2)nc(-c2ccoc2)n1. The number of nitrogens with zero attached hydrogens (tertiary/aromatic N) is 2. The van der Waals surface area contributed by atoms with E-state index in [1.165, 1.54) is 12.8 Å². The van der Waals surface area contributed by atoms with Gasteiger partial charge in [0.25, 0.3) is 0 Å². The third-order valence-electron chi connectivity index (χ3n) is 2.54. The molecule has 1 aliphatic rings. The Morgan fingerprint density at radius 1 is 1.33 bits per heavy atom. The fraction of sp³-hybridized carbons (Fsp3) is 0.273. The van der Waals surface area contributed by atoms with E-state index in [1.54, 1.807) is 12.5 Å². The minimum absolute atomic E-state index is 0.531. The Morgan fingerprint density at radius 2 is 2.20 bits per heavy atom. The Hall–Kier alpha value is -1.84.